The fourth-order valence-electron chi connectivity index (χ4n) is 1.82. The Morgan fingerprint density at radius 3 is 2.26 bits per heavy atom. The van der Waals surface area contributed by atoms with E-state index in [1.165, 1.54) is 19.3 Å². The summed E-state index contributed by atoms with van der Waals surface area (Å²) in [4.78, 5) is 11.9. The first-order valence-corrected chi connectivity index (χ1v) is 7.70. The third-order valence-electron chi connectivity index (χ3n) is 3.27. The first-order chi connectivity index (χ1) is 8.81. The smallest absolute Gasteiger partial charge is 0.311 e. The average molecular weight is 272 g/mol. The van der Waals surface area contributed by atoms with Gasteiger partial charge in [0, 0.05) is 6.42 Å². The van der Waals surface area contributed by atoms with Crippen LogP contribution in [0.2, 0.25) is 0 Å². The van der Waals surface area contributed by atoms with Gasteiger partial charge >= 0.3 is 5.97 Å². The second kappa shape index (κ2) is 9.35. The summed E-state index contributed by atoms with van der Waals surface area (Å²) in [5, 5.41) is 9.76. The highest BCUT2D eigenvalue weighted by Crippen LogP contribution is 2.21. The second-order valence-electron chi connectivity index (χ2n) is 6.42. The van der Waals surface area contributed by atoms with Crippen LogP contribution in [0.1, 0.15) is 79.6 Å². The minimum Gasteiger partial charge on any atom is -0.462 e. The third kappa shape index (κ3) is 9.04. The lowest BCUT2D eigenvalue weighted by Crippen LogP contribution is -2.30. The molecule has 0 aliphatic carbocycles. The van der Waals surface area contributed by atoms with Crippen molar-refractivity contribution in [2.45, 2.75) is 91.8 Å². The zero-order valence-electron chi connectivity index (χ0n) is 13.4. The van der Waals surface area contributed by atoms with Gasteiger partial charge in [-0.3, -0.25) is 4.79 Å². The van der Waals surface area contributed by atoms with E-state index in [0.29, 0.717) is 12.8 Å². The van der Waals surface area contributed by atoms with E-state index in [-0.39, 0.29) is 18.2 Å². The molecule has 0 saturated heterocycles. The van der Waals surface area contributed by atoms with Gasteiger partial charge in [-0.05, 0) is 40.0 Å². The Morgan fingerprint density at radius 2 is 1.79 bits per heavy atom. The Balaban J connectivity index is 4.29. The molecule has 0 bridgehead atoms. The minimum atomic E-state index is -0.473. The SMILES string of the molecule is CCCCCC[C@@H](C[C@@H](O)CC)OC(=O)C(C)(C)C. The number of ether oxygens (including phenoxy) is 1. The minimum absolute atomic E-state index is 0.140. The monoisotopic (exact) mass is 272 g/mol. The number of unbranched alkanes of at least 4 members (excludes halogenated alkanes) is 3. The van der Waals surface area contributed by atoms with E-state index in [1.807, 2.05) is 27.7 Å². The lowest BCUT2D eigenvalue weighted by molar-refractivity contribution is -0.160. The number of carbonyl (C=O) groups is 1. The molecule has 0 aromatic heterocycles. The number of carbonyl (C=O) groups excluding carboxylic acids is 1. The molecule has 19 heavy (non-hydrogen) atoms. The molecule has 0 aliphatic heterocycles. The Hall–Kier alpha value is -0.570. The molecule has 0 saturated carbocycles. The Morgan fingerprint density at radius 1 is 1.16 bits per heavy atom. The maximum Gasteiger partial charge on any atom is 0.311 e. The first-order valence-electron chi connectivity index (χ1n) is 7.70. The molecular formula is C16H32O3. The van der Waals surface area contributed by atoms with Crippen molar-refractivity contribution in [2.24, 2.45) is 5.41 Å². The van der Waals surface area contributed by atoms with Gasteiger partial charge in [0.25, 0.3) is 0 Å². The van der Waals surface area contributed by atoms with Crippen LogP contribution in [-0.4, -0.2) is 23.3 Å². The van der Waals surface area contributed by atoms with Crippen LogP contribution in [0.3, 0.4) is 0 Å². The van der Waals surface area contributed by atoms with Crippen LogP contribution in [0, 0.1) is 5.41 Å². The van der Waals surface area contributed by atoms with E-state index in [0.717, 1.165) is 12.8 Å². The predicted octanol–water partition coefficient (Wildman–Crippen LogP) is 4.08. The molecule has 0 rings (SSSR count). The number of hydrogen-bond acceptors (Lipinski definition) is 3. The normalized spacial score (nSPS) is 15.1. The summed E-state index contributed by atoms with van der Waals surface area (Å²) in [6.45, 7) is 9.71. The van der Waals surface area contributed by atoms with Crippen molar-refractivity contribution in [3.05, 3.63) is 0 Å². The first kappa shape index (κ1) is 18.4. The molecule has 2 atom stereocenters. The summed E-state index contributed by atoms with van der Waals surface area (Å²) in [6.07, 6.45) is 6.26. The van der Waals surface area contributed by atoms with Crippen LogP contribution in [0.5, 0.6) is 0 Å². The molecule has 3 nitrogen and oxygen atoms in total. The standard InChI is InChI=1S/C16H32O3/c1-6-8-9-10-11-14(12-13(17)7-2)19-15(18)16(3,4)5/h13-14,17H,6-12H2,1-5H3/t13-,14-/m0/s1. The van der Waals surface area contributed by atoms with E-state index in [4.69, 9.17) is 4.74 Å². The van der Waals surface area contributed by atoms with Gasteiger partial charge in [-0.1, -0.05) is 33.1 Å². The molecule has 3 heteroatoms. The molecular weight excluding hydrogens is 240 g/mol. The Bertz CT molecular complexity index is 243. The van der Waals surface area contributed by atoms with Crippen molar-refractivity contribution in [3.63, 3.8) is 0 Å². The van der Waals surface area contributed by atoms with E-state index in [1.54, 1.807) is 0 Å². The highest BCUT2D eigenvalue weighted by Gasteiger charge is 2.27. The Labute approximate surface area is 118 Å². The zero-order valence-corrected chi connectivity index (χ0v) is 13.4. The summed E-state index contributed by atoms with van der Waals surface area (Å²) in [7, 11) is 0. The molecule has 0 spiro atoms. The predicted molar refractivity (Wildman–Crippen MR) is 79.0 cm³/mol. The molecule has 0 fully saturated rings. The van der Waals surface area contributed by atoms with Gasteiger partial charge in [-0.15, -0.1) is 0 Å². The number of esters is 1. The maximum absolute atomic E-state index is 11.9. The van der Waals surface area contributed by atoms with Crippen LogP contribution < -0.4 is 0 Å². The molecule has 0 aromatic rings. The van der Waals surface area contributed by atoms with Crippen molar-refractivity contribution in [2.75, 3.05) is 0 Å². The van der Waals surface area contributed by atoms with Crippen molar-refractivity contribution in [1.29, 1.82) is 0 Å². The topological polar surface area (TPSA) is 46.5 Å². The fraction of sp³-hybridized carbons (Fsp3) is 0.938. The van der Waals surface area contributed by atoms with Crippen molar-refractivity contribution in [3.8, 4) is 0 Å². The van der Waals surface area contributed by atoms with Gasteiger partial charge in [0.15, 0.2) is 0 Å². The summed E-state index contributed by atoms with van der Waals surface area (Å²) in [5.74, 6) is -0.170. The van der Waals surface area contributed by atoms with Crippen molar-refractivity contribution >= 4 is 5.97 Å². The average Bonchev–Trinajstić information content (AvgIpc) is 2.32. The Kier molecular flexibility index (Phi) is 9.07. The van der Waals surface area contributed by atoms with E-state index < -0.39 is 5.41 Å². The number of aliphatic hydroxyl groups is 1. The van der Waals surface area contributed by atoms with Gasteiger partial charge < -0.3 is 9.84 Å². The second-order valence-corrected chi connectivity index (χ2v) is 6.42. The number of aliphatic hydroxyl groups excluding tert-OH is 1. The lowest BCUT2D eigenvalue weighted by atomic mass is 9.96. The van der Waals surface area contributed by atoms with E-state index >= 15 is 0 Å². The summed E-state index contributed by atoms with van der Waals surface area (Å²) in [5.41, 5.74) is -0.473. The van der Waals surface area contributed by atoms with Gasteiger partial charge in [0.05, 0.1) is 11.5 Å². The molecule has 1 N–H and O–H groups in total. The quantitative estimate of drug-likeness (QED) is 0.508. The van der Waals surface area contributed by atoms with Crippen LogP contribution in [-0.2, 0) is 9.53 Å². The highest BCUT2D eigenvalue weighted by atomic mass is 16.5. The molecule has 114 valence electrons. The summed E-state index contributed by atoms with van der Waals surface area (Å²) >= 11 is 0. The van der Waals surface area contributed by atoms with E-state index in [9.17, 15) is 9.90 Å². The van der Waals surface area contributed by atoms with Crippen LogP contribution in [0.15, 0.2) is 0 Å². The zero-order chi connectivity index (χ0) is 14.9. The molecule has 0 amide bonds. The summed E-state index contributed by atoms with van der Waals surface area (Å²) in [6, 6.07) is 0. The van der Waals surface area contributed by atoms with Crippen molar-refractivity contribution in [1.82, 2.24) is 0 Å². The number of rotatable bonds is 9. The lowest BCUT2D eigenvalue weighted by Gasteiger charge is -2.25. The van der Waals surface area contributed by atoms with E-state index in [2.05, 4.69) is 6.92 Å². The maximum atomic E-state index is 11.9. The number of hydrogen-bond donors (Lipinski definition) is 1. The van der Waals surface area contributed by atoms with Crippen LogP contribution in [0.4, 0.5) is 0 Å². The van der Waals surface area contributed by atoms with Crippen molar-refractivity contribution < 1.29 is 14.6 Å². The molecule has 0 radical (unpaired) electrons. The van der Waals surface area contributed by atoms with Gasteiger partial charge in [-0.25, -0.2) is 0 Å². The van der Waals surface area contributed by atoms with Crippen LogP contribution >= 0.6 is 0 Å². The fourth-order valence-corrected chi connectivity index (χ4v) is 1.82. The molecule has 0 aliphatic rings. The third-order valence-corrected chi connectivity index (χ3v) is 3.27. The molecule has 0 unspecified atom stereocenters. The van der Waals surface area contributed by atoms with Gasteiger partial charge in [0.1, 0.15) is 6.10 Å². The molecule has 0 heterocycles. The summed E-state index contributed by atoms with van der Waals surface area (Å²) < 4.78 is 5.57. The largest absolute Gasteiger partial charge is 0.462 e. The van der Waals surface area contributed by atoms with Gasteiger partial charge in [-0.2, -0.15) is 0 Å². The van der Waals surface area contributed by atoms with Gasteiger partial charge in [0.2, 0.25) is 0 Å². The molecule has 0 aromatic carbocycles. The van der Waals surface area contributed by atoms with Crippen LogP contribution in [0.25, 0.3) is 0 Å². The highest BCUT2D eigenvalue weighted by molar-refractivity contribution is 5.75.